The van der Waals surface area contributed by atoms with Crippen LogP contribution in [0.15, 0.2) is 79.0 Å². The van der Waals surface area contributed by atoms with Crippen molar-refractivity contribution >= 4 is 64.4 Å². The smallest absolute Gasteiger partial charge is 0.407 e. The molecular weight excluding hydrogens is 957 g/mol. The fourth-order valence-electron chi connectivity index (χ4n) is 11.3. The Kier molecular flexibility index (Phi) is 17.1. The molecule has 0 spiro atoms. The van der Waals surface area contributed by atoms with E-state index in [0.29, 0.717) is 74.7 Å². The van der Waals surface area contributed by atoms with Crippen molar-refractivity contribution in [3.05, 3.63) is 95.7 Å². The average molecular weight is 1030 g/mol. The Hall–Kier alpha value is -7.41. The number of likely N-dealkylation sites (tertiary alicyclic amines) is 2. The van der Waals surface area contributed by atoms with Crippen LogP contribution in [0.5, 0.6) is 0 Å². The second-order valence-electron chi connectivity index (χ2n) is 20.7. The highest BCUT2D eigenvalue weighted by Gasteiger charge is 2.42. The summed E-state index contributed by atoms with van der Waals surface area (Å²) in [6, 6.07) is 21.1. The number of pyridine rings is 1. The number of hydrogen-bond donors (Lipinski definition) is 6. The van der Waals surface area contributed by atoms with Crippen LogP contribution in [0.2, 0.25) is 0 Å². The van der Waals surface area contributed by atoms with Gasteiger partial charge in [0, 0.05) is 37.9 Å². The zero-order valence-electron chi connectivity index (χ0n) is 43.8. The lowest BCUT2D eigenvalue weighted by molar-refractivity contribution is -0.139. The van der Waals surface area contributed by atoms with Crippen LogP contribution in [0.3, 0.4) is 0 Å². The minimum Gasteiger partial charge on any atom is -0.453 e. The van der Waals surface area contributed by atoms with Gasteiger partial charge in [-0.25, -0.2) is 14.6 Å². The van der Waals surface area contributed by atoms with Gasteiger partial charge in [0.15, 0.2) is 0 Å². The van der Waals surface area contributed by atoms with E-state index in [0.717, 1.165) is 59.6 Å². The highest BCUT2D eigenvalue weighted by Crippen LogP contribution is 2.55. The largest absolute Gasteiger partial charge is 0.453 e. The zero-order chi connectivity index (χ0) is 53.5. The number of benzene rings is 3. The van der Waals surface area contributed by atoms with Gasteiger partial charge in [0.25, 0.3) is 0 Å². The van der Waals surface area contributed by atoms with Crippen molar-refractivity contribution in [2.24, 2.45) is 11.8 Å². The first-order valence-electron chi connectivity index (χ1n) is 26.2. The van der Waals surface area contributed by atoms with E-state index in [1.54, 1.807) is 0 Å². The van der Waals surface area contributed by atoms with Gasteiger partial charge in [-0.15, -0.1) is 0 Å². The molecule has 19 heteroatoms. The van der Waals surface area contributed by atoms with E-state index >= 15 is 0 Å². The number of nitrogens with two attached hydrogens (primary N) is 2. The van der Waals surface area contributed by atoms with Crippen LogP contribution >= 0.6 is 0 Å². The molecule has 1 aliphatic carbocycles. The molecule has 0 radical (unpaired) electrons. The van der Waals surface area contributed by atoms with E-state index in [-0.39, 0.29) is 53.2 Å². The van der Waals surface area contributed by atoms with Crippen molar-refractivity contribution in [3.63, 3.8) is 0 Å². The van der Waals surface area contributed by atoms with Gasteiger partial charge in [-0.1, -0.05) is 64.1 Å². The molecule has 6 atom stereocenters. The Morgan fingerprint density at radius 2 is 1.05 bits per heavy atom. The fourth-order valence-corrected chi connectivity index (χ4v) is 11.3. The number of hydrogen-bond acceptors (Lipinski definition) is 13. The summed E-state index contributed by atoms with van der Waals surface area (Å²) in [6.45, 7) is 11.0. The topological polar surface area (TPSA) is 253 Å². The molecule has 1 aromatic heterocycles. The molecule has 0 unspecified atom stereocenters. The predicted octanol–water partition coefficient (Wildman–Crippen LogP) is 6.81. The second-order valence-corrected chi connectivity index (χ2v) is 20.7. The zero-order valence-corrected chi connectivity index (χ0v) is 43.8. The number of nitrogen functional groups attached to an aromatic ring is 2. The number of ether oxygens (including phenoxy) is 3. The minimum absolute atomic E-state index is 0.00965. The Morgan fingerprint density at radius 1 is 0.600 bits per heavy atom. The summed E-state index contributed by atoms with van der Waals surface area (Å²) < 4.78 is 15.1. The second kappa shape index (κ2) is 23.9. The number of aromatic nitrogens is 1. The van der Waals surface area contributed by atoms with Gasteiger partial charge in [0.05, 0.1) is 50.2 Å². The molecule has 3 saturated heterocycles. The van der Waals surface area contributed by atoms with Crippen molar-refractivity contribution in [2.45, 2.75) is 108 Å². The molecule has 4 heterocycles. The summed E-state index contributed by atoms with van der Waals surface area (Å²) in [5.74, 6) is -0.970. The molecule has 75 heavy (non-hydrogen) atoms. The van der Waals surface area contributed by atoms with E-state index in [1.807, 2.05) is 70.3 Å². The Labute approximate surface area is 438 Å². The summed E-state index contributed by atoms with van der Waals surface area (Å²) in [5.41, 5.74) is 20.4. The molecule has 4 aromatic rings. The fraction of sp³-hybridized carbons (Fsp3) is 0.482. The number of carbonyl (C=O) groups excluding carboxylic acids is 6. The van der Waals surface area contributed by atoms with Crippen molar-refractivity contribution in [3.8, 4) is 11.1 Å². The normalized spacial score (nSPS) is 20.7. The van der Waals surface area contributed by atoms with Crippen LogP contribution in [0.4, 0.5) is 38.2 Å². The Morgan fingerprint density at radius 3 is 1.47 bits per heavy atom. The van der Waals surface area contributed by atoms with Crippen LogP contribution in [0.25, 0.3) is 11.1 Å². The molecule has 4 aliphatic rings. The molecule has 8 N–H and O–H groups in total. The number of anilines is 5. The summed E-state index contributed by atoms with van der Waals surface area (Å²) in [7, 11) is 2.48. The van der Waals surface area contributed by atoms with Gasteiger partial charge >= 0.3 is 12.2 Å². The SMILES string of the molecule is COC(=O)N[C@H](C(=O)N1CCC[C@H]1C(=O)Nc1ccc([C@H]2CC[C@H](c3ccc(NC(=O)[C@@H]4CCCN4C(=O)[C@@H](NC(=O)OC)C(C)C)c(N)c3)C2c2ccc(-c3ccc(N4CCOCC4)nc3)cc2)cc1N)C(C)C. The van der Waals surface area contributed by atoms with Gasteiger partial charge in [0.2, 0.25) is 23.6 Å². The maximum absolute atomic E-state index is 13.9. The van der Waals surface area contributed by atoms with E-state index in [1.165, 1.54) is 24.0 Å². The van der Waals surface area contributed by atoms with Crippen LogP contribution in [0.1, 0.15) is 101 Å². The third-order valence-corrected chi connectivity index (χ3v) is 15.4. The number of carbonyl (C=O) groups is 6. The van der Waals surface area contributed by atoms with Crippen LogP contribution in [-0.4, -0.2) is 128 Å². The molecule has 19 nitrogen and oxygen atoms in total. The first kappa shape index (κ1) is 53.9. The van der Waals surface area contributed by atoms with Gasteiger partial charge in [-0.3, -0.25) is 19.2 Å². The number of alkyl carbamates (subject to hydrolysis) is 2. The maximum atomic E-state index is 13.9. The summed E-state index contributed by atoms with van der Waals surface area (Å²) >= 11 is 0. The first-order valence-corrected chi connectivity index (χ1v) is 26.2. The van der Waals surface area contributed by atoms with Crippen molar-refractivity contribution in [1.29, 1.82) is 0 Å². The highest BCUT2D eigenvalue weighted by molar-refractivity contribution is 6.01. The number of nitrogens with one attached hydrogen (secondary N) is 4. The van der Waals surface area contributed by atoms with E-state index in [2.05, 4.69) is 62.6 Å². The molecule has 8 rings (SSSR count). The molecule has 0 bridgehead atoms. The monoisotopic (exact) mass is 1030 g/mol. The lowest BCUT2D eigenvalue weighted by Crippen LogP contribution is -2.54. The standard InChI is InChI=1S/C56H72N10O9/c1-32(2)49(62-55(71)73-5)53(69)65-23-7-9-45(65)51(67)60-43-20-15-36(29-41(43)57)39-18-19-40(48(39)35-13-11-34(12-14-35)38-17-22-47(59-31-38)64-25-27-75-28-26-64)37-16-21-44(42(58)30-37)61-52(68)46-10-8-24-66(46)54(70)50(33(3)4)63-56(72)74-6/h11-17,20-22,29-33,39-40,45-46,48-50H,7-10,18-19,23-28,57-58H2,1-6H3,(H,60,67)(H,61,68)(H,62,71)(H,63,72)/t39-,40-,45+,46+,49+,50+/m1/s1. The third kappa shape index (κ3) is 12.1. The van der Waals surface area contributed by atoms with Crippen molar-refractivity contribution < 1.29 is 43.0 Å². The molecule has 4 fully saturated rings. The molecular formula is C56H72N10O9. The van der Waals surface area contributed by atoms with Crippen molar-refractivity contribution in [2.75, 3.05) is 80.6 Å². The summed E-state index contributed by atoms with van der Waals surface area (Å²) in [6.07, 6.45) is 4.30. The molecule has 1 saturated carbocycles. The van der Waals surface area contributed by atoms with Crippen molar-refractivity contribution in [1.82, 2.24) is 25.4 Å². The molecule has 3 aliphatic heterocycles. The van der Waals surface area contributed by atoms with Gasteiger partial charge < -0.3 is 61.6 Å². The number of rotatable bonds is 15. The van der Waals surface area contributed by atoms with E-state index in [9.17, 15) is 28.8 Å². The maximum Gasteiger partial charge on any atom is 0.407 e. The molecule has 400 valence electrons. The van der Waals surface area contributed by atoms with Gasteiger partial charge in [-0.2, -0.15) is 0 Å². The summed E-state index contributed by atoms with van der Waals surface area (Å²) in [5, 5.41) is 11.3. The lowest BCUT2D eigenvalue weighted by Gasteiger charge is -2.30. The van der Waals surface area contributed by atoms with Gasteiger partial charge in [-0.05, 0) is 127 Å². The molecule has 3 aromatic carbocycles. The first-order chi connectivity index (χ1) is 36.1. The number of methoxy groups -OCH3 is 2. The number of amides is 6. The predicted molar refractivity (Wildman–Crippen MR) is 287 cm³/mol. The quantitative estimate of drug-likeness (QED) is 0.0670. The van der Waals surface area contributed by atoms with Crippen LogP contribution in [-0.2, 0) is 33.4 Å². The third-order valence-electron chi connectivity index (χ3n) is 15.4. The average Bonchev–Trinajstić information content (AvgIpc) is 4.22. The highest BCUT2D eigenvalue weighted by atomic mass is 16.5. The Balaban J connectivity index is 1.03. The molecule has 6 amide bonds. The number of nitrogens with zero attached hydrogens (tertiary/aromatic N) is 4. The summed E-state index contributed by atoms with van der Waals surface area (Å²) in [4.78, 5) is 89.5. The van der Waals surface area contributed by atoms with Crippen LogP contribution in [0, 0.1) is 11.8 Å². The Bertz CT molecular complexity index is 2580. The number of morpholine rings is 1. The van der Waals surface area contributed by atoms with Gasteiger partial charge in [0.1, 0.15) is 30.0 Å². The van der Waals surface area contributed by atoms with Crippen LogP contribution < -0.4 is 37.6 Å². The lowest BCUT2D eigenvalue weighted by atomic mass is 9.77. The minimum atomic E-state index is -0.858. The van der Waals surface area contributed by atoms with E-state index < -0.39 is 36.4 Å². The van der Waals surface area contributed by atoms with E-state index in [4.69, 9.17) is 30.7 Å².